The van der Waals surface area contributed by atoms with Crippen molar-refractivity contribution in [1.82, 2.24) is 0 Å². The molecule has 0 heterocycles. The minimum atomic E-state index is -0.595. The van der Waals surface area contributed by atoms with Crippen LogP contribution in [-0.2, 0) is 0 Å². The monoisotopic (exact) mass is 369 g/mol. The van der Waals surface area contributed by atoms with E-state index in [0.717, 1.165) is 0 Å². The van der Waals surface area contributed by atoms with Crippen LogP contribution in [-0.4, -0.2) is 10.8 Å². The molecular weight excluding hydrogens is 362 g/mol. The predicted molar refractivity (Wildman–Crippen MR) is 84.6 cm³/mol. The highest BCUT2D eigenvalue weighted by Crippen LogP contribution is 2.28. The Kier molecular flexibility index (Phi) is 4.44. The van der Waals surface area contributed by atoms with Crippen molar-refractivity contribution in [2.75, 3.05) is 11.1 Å². The molecule has 0 aliphatic heterocycles. The molecule has 1 amide bonds. The van der Waals surface area contributed by atoms with Gasteiger partial charge in [0.1, 0.15) is 5.69 Å². The molecule has 0 saturated heterocycles. The number of hydrogen-bond acceptors (Lipinski definition) is 4. The molecule has 0 radical (unpaired) electrons. The fourth-order valence-electron chi connectivity index (χ4n) is 1.65. The normalized spacial score (nSPS) is 10.2. The van der Waals surface area contributed by atoms with Crippen molar-refractivity contribution >= 4 is 50.5 Å². The second-order valence-electron chi connectivity index (χ2n) is 4.11. The Bertz CT molecular complexity index is 737. The Hall–Kier alpha value is -2.12. The van der Waals surface area contributed by atoms with Gasteiger partial charge in [-0.15, -0.1) is 0 Å². The van der Waals surface area contributed by atoms with Gasteiger partial charge < -0.3 is 11.1 Å². The van der Waals surface area contributed by atoms with Crippen LogP contribution in [0.15, 0.2) is 40.9 Å². The highest BCUT2D eigenvalue weighted by molar-refractivity contribution is 9.10. The van der Waals surface area contributed by atoms with E-state index in [2.05, 4.69) is 21.2 Å². The number of nitro groups is 1. The van der Waals surface area contributed by atoms with E-state index >= 15 is 0 Å². The molecule has 108 valence electrons. The summed E-state index contributed by atoms with van der Waals surface area (Å²) in [5.41, 5.74) is 6.16. The van der Waals surface area contributed by atoms with Gasteiger partial charge in [0.15, 0.2) is 0 Å². The number of nitrogens with two attached hydrogens (primary N) is 1. The SMILES string of the molecule is Nc1cc(C(=O)Nc2cc(Cl)ccc2[N+](=O)[O-])ccc1Br. The van der Waals surface area contributed by atoms with Gasteiger partial charge in [-0.1, -0.05) is 11.6 Å². The molecule has 0 aromatic heterocycles. The van der Waals surface area contributed by atoms with Crippen LogP contribution in [0.25, 0.3) is 0 Å². The first-order chi connectivity index (χ1) is 9.88. The average molecular weight is 371 g/mol. The third-order valence-corrected chi connectivity index (χ3v) is 3.62. The minimum Gasteiger partial charge on any atom is -0.398 e. The van der Waals surface area contributed by atoms with Crippen LogP contribution in [0.1, 0.15) is 10.4 Å². The van der Waals surface area contributed by atoms with E-state index in [9.17, 15) is 14.9 Å². The number of nitro benzene ring substituents is 1. The number of halogens is 2. The topological polar surface area (TPSA) is 98.3 Å². The lowest BCUT2D eigenvalue weighted by molar-refractivity contribution is -0.383. The van der Waals surface area contributed by atoms with Crippen LogP contribution >= 0.6 is 27.5 Å². The molecule has 0 aliphatic carbocycles. The zero-order chi connectivity index (χ0) is 15.6. The molecule has 6 nitrogen and oxygen atoms in total. The first-order valence-electron chi connectivity index (χ1n) is 5.69. The van der Waals surface area contributed by atoms with Gasteiger partial charge in [0.05, 0.1) is 4.92 Å². The molecule has 8 heteroatoms. The minimum absolute atomic E-state index is 0.0268. The largest absolute Gasteiger partial charge is 0.398 e. The zero-order valence-electron chi connectivity index (χ0n) is 10.5. The molecule has 0 aliphatic rings. The summed E-state index contributed by atoms with van der Waals surface area (Å²) >= 11 is 9.02. The lowest BCUT2D eigenvalue weighted by Crippen LogP contribution is -2.13. The summed E-state index contributed by atoms with van der Waals surface area (Å²) in [5, 5.41) is 13.7. The summed E-state index contributed by atoms with van der Waals surface area (Å²) in [6.45, 7) is 0. The average Bonchev–Trinajstić information content (AvgIpc) is 2.41. The Morgan fingerprint density at radius 3 is 2.62 bits per heavy atom. The number of rotatable bonds is 3. The van der Waals surface area contributed by atoms with Crippen LogP contribution in [0, 0.1) is 10.1 Å². The second-order valence-corrected chi connectivity index (χ2v) is 5.40. The van der Waals surface area contributed by atoms with Crippen molar-refractivity contribution < 1.29 is 9.72 Å². The van der Waals surface area contributed by atoms with Crippen LogP contribution in [0.4, 0.5) is 17.1 Å². The van der Waals surface area contributed by atoms with E-state index in [-0.39, 0.29) is 22.0 Å². The summed E-state index contributed by atoms with van der Waals surface area (Å²) in [5.74, 6) is -0.514. The summed E-state index contributed by atoms with van der Waals surface area (Å²) in [6.07, 6.45) is 0. The molecule has 0 fully saturated rings. The number of hydrogen-bond donors (Lipinski definition) is 2. The Labute approximate surface area is 133 Å². The molecule has 0 atom stereocenters. The maximum atomic E-state index is 12.1. The molecule has 0 saturated carbocycles. The third kappa shape index (κ3) is 3.50. The van der Waals surface area contributed by atoms with E-state index in [0.29, 0.717) is 10.2 Å². The summed E-state index contributed by atoms with van der Waals surface area (Å²) in [6, 6.07) is 8.57. The Morgan fingerprint density at radius 2 is 2.00 bits per heavy atom. The van der Waals surface area contributed by atoms with Crippen LogP contribution < -0.4 is 11.1 Å². The number of anilines is 2. The Balaban J connectivity index is 2.33. The maximum Gasteiger partial charge on any atom is 0.292 e. The number of benzene rings is 2. The molecule has 0 unspecified atom stereocenters. The Morgan fingerprint density at radius 1 is 1.29 bits per heavy atom. The van der Waals surface area contributed by atoms with E-state index < -0.39 is 10.8 Å². The highest BCUT2D eigenvalue weighted by Gasteiger charge is 2.17. The number of nitrogen functional groups attached to an aromatic ring is 1. The maximum absolute atomic E-state index is 12.1. The summed E-state index contributed by atoms with van der Waals surface area (Å²) < 4.78 is 0.660. The van der Waals surface area contributed by atoms with Crippen molar-refractivity contribution in [2.24, 2.45) is 0 Å². The molecule has 2 rings (SSSR count). The van der Waals surface area contributed by atoms with Gasteiger partial charge in [-0.3, -0.25) is 14.9 Å². The van der Waals surface area contributed by atoms with Gasteiger partial charge in [-0.05, 0) is 46.3 Å². The quantitative estimate of drug-likeness (QED) is 0.487. The van der Waals surface area contributed by atoms with Gasteiger partial charge in [0.2, 0.25) is 0 Å². The van der Waals surface area contributed by atoms with Crippen molar-refractivity contribution in [3.8, 4) is 0 Å². The lowest BCUT2D eigenvalue weighted by atomic mass is 10.2. The van der Waals surface area contributed by atoms with Gasteiger partial charge in [0.25, 0.3) is 11.6 Å². The van der Waals surface area contributed by atoms with Crippen molar-refractivity contribution in [2.45, 2.75) is 0 Å². The van der Waals surface area contributed by atoms with E-state index in [1.54, 1.807) is 12.1 Å². The first-order valence-corrected chi connectivity index (χ1v) is 6.86. The molecule has 2 aromatic rings. The summed E-state index contributed by atoms with van der Waals surface area (Å²) in [4.78, 5) is 22.5. The van der Waals surface area contributed by atoms with Gasteiger partial charge in [0, 0.05) is 26.8 Å². The fraction of sp³-hybridized carbons (Fsp3) is 0. The zero-order valence-corrected chi connectivity index (χ0v) is 12.8. The number of amides is 1. The highest BCUT2D eigenvalue weighted by atomic mass is 79.9. The predicted octanol–water partition coefficient (Wildman–Crippen LogP) is 3.85. The van der Waals surface area contributed by atoms with Gasteiger partial charge >= 0.3 is 0 Å². The number of carbonyl (C=O) groups excluding carboxylic acids is 1. The van der Waals surface area contributed by atoms with E-state index in [1.807, 2.05) is 0 Å². The first kappa shape index (κ1) is 15.3. The van der Waals surface area contributed by atoms with Crippen LogP contribution in [0.5, 0.6) is 0 Å². The third-order valence-electron chi connectivity index (χ3n) is 2.66. The van der Waals surface area contributed by atoms with Crippen molar-refractivity contribution in [1.29, 1.82) is 0 Å². The van der Waals surface area contributed by atoms with Crippen molar-refractivity contribution in [3.05, 3.63) is 61.6 Å². The van der Waals surface area contributed by atoms with E-state index in [4.69, 9.17) is 17.3 Å². The van der Waals surface area contributed by atoms with Crippen molar-refractivity contribution in [3.63, 3.8) is 0 Å². The fourth-order valence-corrected chi connectivity index (χ4v) is 2.07. The van der Waals surface area contributed by atoms with Crippen LogP contribution in [0.2, 0.25) is 5.02 Å². The van der Waals surface area contributed by atoms with Gasteiger partial charge in [-0.2, -0.15) is 0 Å². The second kappa shape index (κ2) is 6.11. The standard InChI is InChI=1S/C13H9BrClN3O3/c14-9-3-1-7(5-10(9)16)13(19)17-11-6-8(15)2-4-12(11)18(20)21/h1-6H,16H2,(H,17,19). The molecule has 2 aromatic carbocycles. The smallest absolute Gasteiger partial charge is 0.292 e. The molecule has 21 heavy (non-hydrogen) atoms. The molecular formula is C13H9BrClN3O3. The summed E-state index contributed by atoms with van der Waals surface area (Å²) in [7, 11) is 0. The number of nitrogens with one attached hydrogen (secondary N) is 1. The number of nitrogens with zero attached hydrogens (tertiary/aromatic N) is 1. The van der Waals surface area contributed by atoms with Gasteiger partial charge in [-0.25, -0.2) is 0 Å². The molecule has 0 spiro atoms. The van der Waals surface area contributed by atoms with Crippen LogP contribution in [0.3, 0.4) is 0 Å². The molecule has 0 bridgehead atoms. The molecule has 3 N–H and O–H groups in total. The lowest BCUT2D eigenvalue weighted by Gasteiger charge is -2.07. The van der Waals surface area contributed by atoms with E-state index in [1.165, 1.54) is 24.3 Å². The number of carbonyl (C=O) groups is 1.